The summed E-state index contributed by atoms with van der Waals surface area (Å²) < 4.78 is 58.2. The van der Waals surface area contributed by atoms with Gasteiger partial charge in [-0.25, -0.2) is 17.2 Å². The standard InChI is InChI=1S/C13H14F2N2O3S/c1-7-10(6-16)13(8(2)20-7)21(18,19)17-9-3-4-11(14)12(15)5-9/h3-5,17H,6,16H2,1-2H3. The summed E-state index contributed by atoms with van der Waals surface area (Å²) in [4.78, 5) is -0.0766. The number of hydrogen-bond acceptors (Lipinski definition) is 4. The topological polar surface area (TPSA) is 85.3 Å². The maximum Gasteiger partial charge on any atom is 0.265 e. The monoisotopic (exact) mass is 316 g/mol. The zero-order valence-electron chi connectivity index (χ0n) is 11.4. The predicted octanol–water partition coefficient (Wildman–Crippen LogP) is 2.43. The second kappa shape index (κ2) is 5.45. The largest absolute Gasteiger partial charge is 0.465 e. The Morgan fingerprint density at radius 3 is 2.43 bits per heavy atom. The van der Waals surface area contributed by atoms with Crippen molar-refractivity contribution in [3.8, 4) is 0 Å². The molecule has 0 radical (unpaired) electrons. The van der Waals surface area contributed by atoms with Crippen LogP contribution in [0.2, 0.25) is 0 Å². The van der Waals surface area contributed by atoms with E-state index in [0.29, 0.717) is 11.3 Å². The minimum Gasteiger partial charge on any atom is -0.465 e. The normalized spacial score (nSPS) is 11.7. The summed E-state index contributed by atoms with van der Waals surface area (Å²) in [5.41, 5.74) is 5.80. The van der Waals surface area contributed by atoms with Crippen LogP contribution in [0.5, 0.6) is 0 Å². The van der Waals surface area contributed by atoms with Crippen molar-refractivity contribution in [2.24, 2.45) is 5.73 Å². The minimum absolute atomic E-state index is 0.0167. The molecule has 0 aliphatic rings. The van der Waals surface area contributed by atoms with E-state index in [1.807, 2.05) is 0 Å². The molecular formula is C13H14F2N2O3S. The van der Waals surface area contributed by atoms with Crippen LogP contribution in [-0.2, 0) is 16.6 Å². The molecule has 1 aromatic heterocycles. The third kappa shape index (κ3) is 2.91. The molecule has 0 fully saturated rings. The van der Waals surface area contributed by atoms with Crippen molar-refractivity contribution >= 4 is 15.7 Å². The number of halogens is 2. The van der Waals surface area contributed by atoms with Crippen LogP contribution >= 0.6 is 0 Å². The molecule has 0 unspecified atom stereocenters. The van der Waals surface area contributed by atoms with Crippen molar-refractivity contribution in [3.63, 3.8) is 0 Å². The van der Waals surface area contributed by atoms with E-state index in [4.69, 9.17) is 10.2 Å². The highest BCUT2D eigenvalue weighted by Gasteiger charge is 2.26. The summed E-state index contributed by atoms with van der Waals surface area (Å²) in [7, 11) is -4.01. The van der Waals surface area contributed by atoms with Crippen LogP contribution in [0.1, 0.15) is 17.1 Å². The zero-order valence-corrected chi connectivity index (χ0v) is 12.2. The Balaban J connectivity index is 2.45. The molecule has 114 valence electrons. The smallest absolute Gasteiger partial charge is 0.265 e. The molecule has 0 atom stereocenters. The molecule has 0 bridgehead atoms. The number of furan rings is 1. The van der Waals surface area contributed by atoms with Crippen LogP contribution in [0.15, 0.2) is 27.5 Å². The molecule has 0 amide bonds. The highest BCUT2D eigenvalue weighted by Crippen LogP contribution is 2.28. The van der Waals surface area contributed by atoms with Crippen molar-refractivity contribution in [1.29, 1.82) is 0 Å². The van der Waals surface area contributed by atoms with Gasteiger partial charge in [0.1, 0.15) is 16.4 Å². The number of nitrogens with one attached hydrogen (secondary N) is 1. The molecule has 0 aliphatic heterocycles. The van der Waals surface area contributed by atoms with E-state index in [1.54, 1.807) is 6.92 Å². The van der Waals surface area contributed by atoms with E-state index < -0.39 is 21.7 Å². The van der Waals surface area contributed by atoms with Gasteiger partial charge in [-0.1, -0.05) is 0 Å². The SMILES string of the molecule is Cc1oc(C)c(S(=O)(=O)Nc2ccc(F)c(F)c2)c1CN. The molecule has 0 spiro atoms. The Morgan fingerprint density at radius 2 is 1.86 bits per heavy atom. The van der Waals surface area contributed by atoms with Crippen molar-refractivity contribution in [1.82, 2.24) is 0 Å². The maximum absolute atomic E-state index is 13.1. The van der Waals surface area contributed by atoms with E-state index >= 15 is 0 Å². The fourth-order valence-corrected chi connectivity index (χ4v) is 3.57. The van der Waals surface area contributed by atoms with E-state index in [-0.39, 0.29) is 22.9 Å². The van der Waals surface area contributed by atoms with Crippen LogP contribution in [0.3, 0.4) is 0 Å². The first kappa shape index (κ1) is 15.5. The van der Waals surface area contributed by atoms with Gasteiger partial charge in [0.05, 0.1) is 5.69 Å². The Labute approximate surface area is 120 Å². The quantitative estimate of drug-likeness (QED) is 0.907. The predicted molar refractivity (Wildman–Crippen MR) is 73.2 cm³/mol. The van der Waals surface area contributed by atoms with Gasteiger partial charge in [0.2, 0.25) is 0 Å². The maximum atomic E-state index is 13.1. The lowest BCUT2D eigenvalue weighted by atomic mass is 10.2. The van der Waals surface area contributed by atoms with Gasteiger partial charge in [-0.3, -0.25) is 4.72 Å². The fraction of sp³-hybridized carbons (Fsp3) is 0.231. The summed E-state index contributed by atoms with van der Waals surface area (Å²) in [5.74, 6) is -1.62. The summed E-state index contributed by atoms with van der Waals surface area (Å²) in [6.07, 6.45) is 0. The van der Waals surface area contributed by atoms with Gasteiger partial charge in [0, 0.05) is 18.2 Å². The van der Waals surface area contributed by atoms with Crippen molar-refractivity contribution in [2.45, 2.75) is 25.3 Å². The van der Waals surface area contributed by atoms with E-state index in [9.17, 15) is 17.2 Å². The number of nitrogens with two attached hydrogens (primary N) is 1. The summed E-state index contributed by atoms with van der Waals surface area (Å²) in [5, 5.41) is 0. The van der Waals surface area contributed by atoms with Crippen LogP contribution in [-0.4, -0.2) is 8.42 Å². The molecule has 0 saturated heterocycles. The number of rotatable bonds is 4. The first-order valence-electron chi connectivity index (χ1n) is 6.03. The van der Waals surface area contributed by atoms with E-state index in [0.717, 1.165) is 18.2 Å². The first-order valence-corrected chi connectivity index (χ1v) is 7.51. The molecule has 21 heavy (non-hydrogen) atoms. The summed E-state index contributed by atoms with van der Waals surface area (Å²) in [6.45, 7) is 3.08. The van der Waals surface area contributed by atoms with Crippen LogP contribution in [0.25, 0.3) is 0 Å². The van der Waals surface area contributed by atoms with Crippen LogP contribution in [0, 0.1) is 25.5 Å². The van der Waals surface area contributed by atoms with Gasteiger partial charge in [0.25, 0.3) is 10.0 Å². The highest BCUT2D eigenvalue weighted by atomic mass is 32.2. The lowest BCUT2D eigenvalue weighted by molar-refractivity contribution is 0.494. The van der Waals surface area contributed by atoms with Gasteiger partial charge in [-0.15, -0.1) is 0 Å². The Kier molecular flexibility index (Phi) is 4.02. The molecule has 2 aromatic rings. The average molecular weight is 316 g/mol. The van der Waals surface area contributed by atoms with Gasteiger partial charge < -0.3 is 10.2 Å². The first-order chi connectivity index (χ1) is 9.76. The number of benzene rings is 1. The number of aryl methyl sites for hydroxylation is 2. The molecule has 0 saturated carbocycles. The molecule has 1 aromatic carbocycles. The number of sulfonamides is 1. The highest BCUT2D eigenvalue weighted by molar-refractivity contribution is 7.92. The van der Waals surface area contributed by atoms with Gasteiger partial charge in [0.15, 0.2) is 11.6 Å². The fourth-order valence-electron chi connectivity index (χ4n) is 2.06. The van der Waals surface area contributed by atoms with Gasteiger partial charge in [-0.05, 0) is 26.0 Å². The minimum atomic E-state index is -4.01. The summed E-state index contributed by atoms with van der Waals surface area (Å²) >= 11 is 0. The number of anilines is 1. The zero-order chi connectivity index (χ0) is 15.8. The lowest BCUT2D eigenvalue weighted by Gasteiger charge is -2.09. The number of hydrogen-bond donors (Lipinski definition) is 2. The Hall–Kier alpha value is -1.93. The van der Waals surface area contributed by atoms with E-state index in [2.05, 4.69) is 4.72 Å². The lowest BCUT2D eigenvalue weighted by Crippen LogP contribution is -2.16. The Morgan fingerprint density at radius 1 is 1.19 bits per heavy atom. The van der Waals surface area contributed by atoms with Crippen molar-refractivity contribution < 1.29 is 21.6 Å². The van der Waals surface area contributed by atoms with Crippen LogP contribution < -0.4 is 10.5 Å². The molecule has 3 N–H and O–H groups in total. The molecule has 1 heterocycles. The van der Waals surface area contributed by atoms with Crippen molar-refractivity contribution in [2.75, 3.05) is 4.72 Å². The molecule has 5 nitrogen and oxygen atoms in total. The Bertz CT molecular complexity index is 785. The van der Waals surface area contributed by atoms with Gasteiger partial charge >= 0.3 is 0 Å². The van der Waals surface area contributed by atoms with Crippen LogP contribution in [0.4, 0.5) is 14.5 Å². The molecule has 2 rings (SSSR count). The van der Waals surface area contributed by atoms with Gasteiger partial charge in [-0.2, -0.15) is 0 Å². The van der Waals surface area contributed by atoms with E-state index in [1.165, 1.54) is 6.92 Å². The molecule has 8 heteroatoms. The second-order valence-electron chi connectivity index (χ2n) is 4.46. The summed E-state index contributed by atoms with van der Waals surface area (Å²) in [6, 6.07) is 2.72. The molecular weight excluding hydrogens is 302 g/mol. The molecule has 0 aliphatic carbocycles. The third-order valence-electron chi connectivity index (χ3n) is 2.97. The van der Waals surface area contributed by atoms with Crippen molar-refractivity contribution in [3.05, 3.63) is 46.9 Å². The third-order valence-corrected chi connectivity index (χ3v) is 4.55. The second-order valence-corrected chi connectivity index (χ2v) is 6.08. The average Bonchev–Trinajstić information content (AvgIpc) is 2.68.